The second-order valence-electron chi connectivity index (χ2n) is 4.32. The molecule has 3 N–H and O–H groups in total. The van der Waals surface area contributed by atoms with Crippen molar-refractivity contribution in [2.45, 2.75) is 39.5 Å². The SMILES string of the molecule is CC(C)c1n[nH]c(C(CN)C(C)C)n1. The van der Waals surface area contributed by atoms with Gasteiger partial charge in [-0.15, -0.1) is 0 Å². The zero-order valence-corrected chi connectivity index (χ0v) is 9.41. The van der Waals surface area contributed by atoms with E-state index in [1.54, 1.807) is 0 Å². The molecule has 0 saturated heterocycles. The van der Waals surface area contributed by atoms with E-state index in [4.69, 9.17) is 5.73 Å². The summed E-state index contributed by atoms with van der Waals surface area (Å²) >= 11 is 0. The number of rotatable bonds is 4. The smallest absolute Gasteiger partial charge is 0.153 e. The van der Waals surface area contributed by atoms with Gasteiger partial charge in [-0.1, -0.05) is 27.7 Å². The standard InChI is InChI=1S/C10H20N4/c1-6(2)8(5-11)10-12-9(7(3)4)13-14-10/h6-8H,5,11H2,1-4H3,(H,12,13,14). The minimum Gasteiger partial charge on any atom is -0.330 e. The molecule has 4 nitrogen and oxygen atoms in total. The molecule has 4 heteroatoms. The van der Waals surface area contributed by atoms with Crippen LogP contribution in [0.3, 0.4) is 0 Å². The van der Waals surface area contributed by atoms with E-state index < -0.39 is 0 Å². The van der Waals surface area contributed by atoms with Gasteiger partial charge >= 0.3 is 0 Å². The van der Waals surface area contributed by atoms with Gasteiger partial charge in [-0.25, -0.2) is 4.98 Å². The molecular formula is C10H20N4. The second kappa shape index (κ2) is 4.55. The Bertz CT molecular complexity index is 277. The van der Waals surface area contributed by atoms with Gasteiger partial charge < -0.3 is 5.73 Å². The first-order valence-corrected chi connectivity index (χ1v) is 5.18. The van der Waals surface area contributed by atoms with Crippen LogP contribution in [0.4, 0.5) is 0 Å². The molecule has 0 radical (unpaired) electrons. The van der Waals surface area contributed by atoms with Crippen molar-refractivity contribution in [2.75, 3.05) is 6.54 Å². The molecular weight excluding hydrogens is 176 g/mol. The van der Waals surface area contributed by atoms with Crippen molar-refractivity contribution in [2.24, 2.45) is 11.7 Å². The van der Waals surface area contributed by atoms with E-state index in [1.807, 2.05) is 0 Å². The van der Waals surface area contributed by atoms with Gasteiger partial charge in [0.15, 0.2) is 5.82 Å². The van der Waals surface area contributed by atoms with Crippen LogP contribution in [-0.4, -0.2) is 21.7 Å². The fourth-order valence-electron chi connectivity index (χ4n) is 1.41. The third-order valence-corrected chi connectivity index (χ3v) is 2.45. The second-order valence-corrected chi connectivity index (χ2v) is 4.32. The number of nitrogens with one attached hydrogen (secondary N) is 1. The zero-order valence-electron chi connectivity index (χ0n) is 9.41. The molecule has 0 aliphatic carbocycles. The largest absolute Gasteiger partial charge is 0.330 e. The monoisotopic (exact) mass is 196 g/mol. The highest BCUT2D eigenvalue weighted by Gasteiger charge is 2.18. The molecule has 0 fully saturated rings. The molecule has 0 spiro atoms. The topological polar surface area (TPSA) is 67.6 Å². The molecule has 0 bridgehead atoms. The van der Waals surface area contributed by atoms with E-state index in [0.717, 1.165) is 11.6 Å². The lowest BCUT2D eigenvalue weighted by Crippen LogP contribution is -2.19. The maximum atomic E-state index is 5.70. The number of hydrogen-bond acceptors (Lipinski definition) is 3. The van der Waals surface area contributed by atoms with Crippen molar-refractivity contribution < 1.29 is 0 Å². The Morgan fingerprint density at radius 1 is 1.29 bits per heavy atom. The summed E-state index contributed by atoms with van der Waals surface area (Å²) in [5.74, 6) is 2.94. The average Bonchev–Trinajstić information content (AvgIpc) is 2.53. The molecule has 1 aromatic heterocycles. The summed E-state index contributed by atoms with van der Waals surface area (Å²) in [7, 11) is 0. The summed E-state index contributed by atoms with van der Waals surface area (Å²) < 4.78 is 0. The van der Waals surface area contributed by atoms with Gasteiger partial charge in [-0.05, 0) is 5.92 Å². The number of H-pyrrole nitrogens is 1. The van der Waals surface area contributed by atoms with Crippen LogP contribution in [0.5, 0.6) is 0 Å². The first kappa shape index (κ1) is 11.2. The lowest BCUT2D eigenvalue weighted by atomic mass is 9.95. The Morgan fingerprint density at radius 2 is 1.93 bits per heavy atom. The summed E-state index contributed by atoms with van der Waals surface area (Å²) in [5, 5.41) is 7.15. The molecule has 1 unspecified atom stereocenters. The van der Waals surface area contributed by atoms with Crippen molar-refractivity contribution in [3.05, 3.63) is 11.6 Å². The molecule has 1 aromatic rings. The van der Waals surface area contributed by atoms with Crippen LogP contribution in [0.25, 0.3) is 0 Å². The first-order valence-electron chi connectivity index (χ1n) is 5.18. The van der Waals surface area contributed by atoms with Gasteiger partial charge in [0, 0.05) is 18.4 Å². The molecule has 0 saturated carbocycles. The Labute approximate surface area is 85.3 Å². The van der Waals surface area contributed by atoms with Crippen molar-refractivity contribution in [3.63, 3.8) is 0 Å². The normalized spacial score (nSPS) is 13.9. The van der Waals surface area contributed by atoms with Gasteiger partial charge in [-0.3, -0.25) is 5.10 Å². The maximum Gasteiger partial charge on any atom is 0.153 e. The highest BCUT2D eigenvalue weighted by molar-refractivity contribution is 5.02. The Morgan fingerprint density at radius 3 is 2.29 bits per heavy atom. The Hall–Kier alpha value is -0.900. The molecule has 14 heavy (non-hydrogen) atoms. The lowest BCUT2D eigenvalue weighted by Gasteiger charge is -2.15. The van der Waals surface area contributed by atoms with Crippen LogP contribution in [0.15, 0.2) is 0 Å². The van der Waals surface area contributed by atoms with E-state index in [2.05, 4.69) is 42.9 Å². The maximum absolute atomic E-state index is 5.70. The number of nitrogens with zero attached hydrogens (tertiary/aromatic N) is 2. The van der Waals surface area contributed by atoms with Crippen LogP contribution in [0.1, 0.15) is 51.2 Å². The van der Waals surface area contributed by atoms with E-state index in [9.17, 15) is 0 Å². The van der Waals surface area contributed by atoms with Crippen LogP contribution < -0.4 is 5.73 Å². The average molecular weight is 196 g/mol. The summed E-state index contributed by atoms with van der Waals surface area (Å²) in [6.45, 7) is 9.08. The number of nitrogens with two attached hydrogens (primary N) is 1. The van der Waals surface area contributed by atoms with Crippen LogP contribution in [0, 0.1) is 5.92 Å². The fourth-order valence-corrected chi connectivity index (χ4v) is 1.41. The number of hydrogen-bond donors (Lipinski definition) is 2. The van der Waals surface area contributed by atoms with Gasteiger partial charge in [0.2, 0.25) is 0 Å². The minimum atomic E-state index is 0.287. The number of aromatic nitrogens is 3. The van der Waals surface area contributed by atoms with Crippen molar-refractivity contribution in [1.29, 1.82) is 0 Å². The molecule has 1 atom stereocenters. The summed E-state index contributed by atoms with van der Waals surface area (Å²) in [6.07, 6.45) is 0. The van der Waals surface area contributed by atoms with E-state index in [1.165, 1.54) is 0 Å². The van der Waals surface area contributed by atoms with Crippen LogP contribution in [0.2, 0.25) is 0 Å². The Kier molecular flexibility index (Phi) is 3.63. The highest BCUT2D eigenvalue weighted by Crippen LogP contribution is 2.20. The molecule has 0 aliphatic rings. The highest BCUT2D eigenvalue weighted by atomic mass is 15.2. The van der Waals surface area contributed by atoms with Crippen molar-refractivity contribution in [1.82, 2.24) is 15.2 Å². The van der Waals surface area contributed by atoms with Gasteiger partial charge in [0.1, 0.15) is 5.82 Å². The fraction of sp³-hybridized carbons (Fsp3) is 0.800. The molecule has 80 valence electrons. The first-order chi connectivity index (χ1) is 6.56. The lowest BCUT2D eigenvalue weighted by molar-refractivity contribution is 0.484. The van der Waals surface area contributed by atoms with Crippen LogP contribution in [-0.2, 0) is 0 Å². The molecule has 1 heterocycles. The molecule has 1 rings (SSSR count). The van der Waals surface area contributed by atoms with E-state index in [-0.39, 0.29) is 5.92 Å². The predicted molar refractivity (Wildman–Crippen MR) is 57.1 cm³/mol. The van der Waals surface area contributed by atoms with Gasteiger partial charge in [0.05, 0.1) is 0 Å². The third kappa shape index (κ3) is 2.32. The zero-order chi connectivity index (χ0) is 10.7. The molecule has 0 aromatic carbocycles. The summed E-state index contributed by atoms with van der Waals surface area (Å²) in [5.41, 5.74) is 5.70. The van der Waals surface area contributed by atoms with E-state index >= 15 is 0 Å². The van der Waals surface area contributed by atoms with Crippen LogP contribution >= 0.6 is 0 Å². The number of aromatic amines is 1. The molecule has 0 amide bonds. The quantitative estimate of drug-likeness (QED) is 0.769. The third-order valence-electron chi connectivity index (χ3n) is 2.45. The Balaban J connectivity index is 2.84. The van der Waals surface area contributed by atoms with Crippen molar-refractivity contribution >= 4 is 0 Å². The molecule has 0 aliphatic heterocycles. The summed E-state index contributed by atoms with van der Waals surface area (Å²) in [6, 6.07) is 0. The predicted octanol–water partition coefficient (Wildman–Crippen LogP) is 1.63. The van der Waals surface area contributed by atoms with Gasteiger partial charge in [-0.2, -0.15) is 5.10 Å². The van der Waals surface area contributed by atoms with E-state index in [0.29, 0.717) is 18.4 Å². The van der Waals surface area contributed by atoms with Crippen molar-refractivity contribution in [3.8, 4) is 0 Å². The summed E-state index contributed by atoms with van der Waals surface area (Å²) in [4.78, 5) is 4.46. The minimum absolute atomic E-state index is 0.287. The van der Waals surface area contributed by atoms with Gasteiger partial charge in [0.25, 0.3) is 0 Å².